The van der Waals surface area contributed by atoms with Gasteiger partial charge in [0.05, 0.1) is 5.56 Å². The van der Waals surface area contributed by atoms with E-state index in [2.05, 4.69) is 10.6 Å². The molecular weight excluding hydrogens is 357 g/mol. The Labute approximate surface area is 155 Å². The van der Waals surface area contributed by atoms with E-state index in [9.17, 15) is 22.8 Å². The van der Waals surface area contributed by atoms with Crippen LogP contribution in [0, 0.1) is 5.41 Å². The van der Waals surface area contributed by atoms with Crippen molar-refractivity contribution in [3.05, 3.63) is 59.7 Å². The van der Waals surface area contributed by atoms with Gasteiger partial charge in [0.15, 0.2) is 0 Å². The maximum absolute atomic E-state index is 12.6. The monoisotopic (exact) mass is 378 g/mol. The first-order valence-electron chi connectivity index (χ1n) is 8.43. The molecule has 2 rings (SSSR count). The number of aryl methyl sites for hydroxylation is 1. The zero-order chi connectivity index (χ0) is 20.2. The van der Waals surface area contributed by atoms with Gasteiger partial charge in [-0.25, -0.2) is 0 Å². The normalized spacial score (nSPS) is 11.8. The molecule has 0 saturated carbocycles. The molecule has 2 aromatic carbocycles. The molecule has 2 aromatic rings. The Morgan fingerprint density at radius 1 is 0.889 bits per heavy atom. The Bertz CT molecular complexity index is 828. The summed E-state index contributed by atoms with van der Waals surface area (Å²) < 4.78 is 37.8. The molecule has 0 fully saturated rings. The summed E-state index contributed by atoms with van der Waals surface area (Å²) in [6.07, 6.45) is -3.73. The fourth-order valence-corrected chi connectivity index (χ4v) is 2.36. The van der Waals surface area contributed by atoms with Crippen molar-refractivity contribution >= 4 is 23.2 Å². The summed E-state index contributed by atoms with van der Waals surface area (Å²) in [6.45, 7) is 4.86. The van der Waals surface area contributed by atoms with Crippen molar-refractivity contribution in [3.8, 4) is 0 Å². The standard InChI is InChI=1S/C20H21F3N2O2/c1-4-13-7-5-6-8-16(13)25-18(27)19(2,3)17(26)24-15-11-9-14(10-12-15)20(21,22)23/h5-12H,4H2,1-3H3,(H,24,26)(H,25,27). The van der Waals surface area contributed by atoms with Crippen molar-refractivity contribution in [1.29, 1.82) is 0 Å². The van der Waals surface area contributed by atoms with Crippen LogP contribution in [-0.2, 0) is 22.2 Å². The molecule has 4 nitrogen and oxygen atoms in total. The summed E-state index contributed by atoms with van der Waals surface area (Å²) in [4.78, 5) is 25.1. The van der Waals surface area contributed by atoms with Gasteiger partial charge < -0.3 is 10.6 Å². The van der Waals surface area contributed by atoms with Crippen LogP contribution in [0.5, 0.6) is 0 Å². The lowest BCUT2D eigenvalue weighted by Gasteiger charge is -2.23. The summed E-state index contributed by atoms with van der Waals surface area (Å²) >= 11 is 0. The van der Waals surface area contributed by atoms with Gasteiger partial charge in [0, 0.05) is 11.4 Å². The number of benzene rings is 2. The summed E-state index contributed by atoms with van der Waals surface area (Å²) in [5.41, 5.74) is -0.495. The largest absolute Gasteiger partial charge is 0.416 e. The van der Waals surface area contributed by atoms with Gasteiger partial charge in [-0.3, -0.25) is 9.59 Å². The minimum absolute atomic E-state index is 0.183. The van der Waals surface area contributed by atoms with E-state index < -0.39 is 29.0 Å². The van der Waals surface area contributed by atoms with Crippen molar-refractivity contribution in [2.24, 2.45) is 5.41 Å². The number of hydrogen-bond acceptors (Lipinski definition) is 2. The zero-order valence-electron chi connectivity index (χ0n) is 15.3. The van der Waals surface area contributed by atoms with Crippen LogP contribution < -0.4 is 10.6 Å². The maximum Gasteiger partial charge on any atom is 0.416 e. The topological polar surface area (TPSA) is 58.2 Å². The SMILES string of the molecule is CCc1ccccc1NC(=O)C(C)(C)C(=O)Nc1ccc(C(F)(F)F)cc1. The number of alkyl halides is 3. The molecule has 0 aromatic heterocycles. The molecule has 2 N–H and O–H groups in total. The molecule has 0 aliphatic rings. The van der Waals surface area contributed by atoms with Crippen LogP contribution in [-0.4, -0.2) is 11.8 Å². The molecule has 0 aliphatic heterocycles. The van der Waals surface area contributed by atoms with E-state index in [1.807, 2.05) is 19.1 Å². The molecule has 0 heterocycles. The predicted octanol–water partition coefficient (Wildman–Crippen LogP) is 4.87. The average molecular weight is 378 g/mol. The molecule has 144 valence electrons. The van der Waals surface area contributed by atoms with Crippen LogP contribution in [0.1, 0.15) is 31.9 Å². The maximum atomic E-state index is 12.6. The highest BCUT2D eigenvalue weighted by atomic mass is 19.4. The minimum Gasteiger partial charge on any atom is -0.325 e. The molecule has 0 bridgehead atoms. The van der Waals surface area contributed by atoms with Gasteiger partial charge in [0.25, 0.3) is 0 Å². The van der Waals surface area contributed by atoms with Crippen LogP contribution in [0.25, 0.3) is 0 Å². The smallest absolute Gasteiger partial charge is 0.325 e. The van der Waals surface area contributed by atoms with Crippen LogP contribution >= 0.6 is 0 Å². The quantitative estimate of drug-likeness (QED) is 0.729. The lowest BCUT2D eigenvalue weighted by molar-refractivity contribution is -0.137. The summed E-state index contributed by atoms with van der Waals surface area (Å²) in [7, 11) is 0. The average Bonchev–Trinajstić information content (AvgIpc) is 2.61. The van der Waals surface area contributed by atoms with Crippen molar-refractivity contribution in [2.75, 3.05) is 10.6 Å². The minimum atomic E-state index is -4.45. The Balaban J connectivity index is 2.10. The molecule has 27 heavy (non-hydrogen) atoms. The second kappa shape index (κ2) is 7.82. The van der Waals surface area contributed by atoms with Gasteiger partial charge in [-0.15, -0.1) is 0 Å². The summed E-state index contributed by atoms with van der Waals surface area (Å²) in [6, 6.07) is 11.3. The Kier molecular flexibility index (Phi) is 5.93. The summed E-state index contributed by atoms with van der Waals surface area (Å²) in [5, 5.41) is 5.24. The molecule has 0 unspecified atom stereocenters. The van der Waals surface area contributed by atoms with E-state index in [1.165, 1.54) is 13.8 Å². The Morgan fingerprint density at radius 2 is 1.44 bits per heavy atom. The summed E-state index contributed by atoms with van der Waals surface area (Å²) in [5.74, 6) is -1.12. The number of carbonyl (C=O) groups is 2. The van der Waals surface area contributed by atoms with E-state index in [0.29, 0.717) is 12.1 Å². The van der Waals surface area contributed by atoms with Gasteiger partial charge in [0.2, 0.25) is 11.8 Å². The molecule has 7 heteroatoms. The van der Waals surface area contributed by atoms with E-state index >= 15 is 0 Å². The Morgan fingerprint density at radius 3 is 2.00 bits per heavy atom. The van der Waals surface area contributed by atoms with Gasteiger partial charge in [-0.2, -0.15) is 13.2 Å². The van der Waals surface area contributed by atoms with Crippen molar-refractivity contribution in [1.82, 2.24) is 0 Å². The number of rotatable bonds is 5. The number of halogens is 3. The third-order valence-corrected chi connectivity index (χ3v) is 4.25. The number of carbonyl (C=O) groups excluding carboxylic acids is 2. The first-order valence-corrected chi connectivity index (χ1v) is 8.43. The first kappa shape index (κ1) is 20.5. The third kappa shape index (κ3) is 4.87. The Hall–Kier alpha value is -2.83. The van der Waals surface area contributed by atoms with Crippen LogP contribution in [0.3, 0.4) is 0 Å². The molecule has 0 saturated heterocycles. The molecule has 0 spiro atoms. The molecule has 0 aliphatic carbocycles. The van der Waals surface area contributed by atoms with Crippen LogP contribution in [0.2, 0.25) is 0 Å². The number of anilines is 2. The number of hydrogen-bond donors (Lipinski definition) is 2. The predicted molar refractivity (Wildman–Crippen MR) is 98.3 cm³/mol. The number of nitrogens with one attached hydrogen (secondary N) is 2. The van der Waals surface area contributed by atoms with Crippen molar-refractivity contribution < 1.29 is 22.8 Å². The van der Waals surface area contributed by atoms with Gasteiger partial charge in [-0.1, -0.05) is 25.1 Å². The lowest BCUT2D eigenvalue weighted by atomic mass is 9.90. The molecule has 0 atom stereocenters. The van der Waals surface area contributed by atoms with Crippen LogP contribution in [0.15, 0.2) is 48.5 Å². The highest BCUT2D eigenvalue weighted by Gasteiger charge is 2.36. The van der Waals surface area contributed by atoms with E-state index in [-0.39, 0.29) is 5.69 Å². The molecule has 2 amide bonds. The lowest BCUT2D eigenvalue weighted by Crippen LogP contribution is -2.41. The molecular formula is C20H21F3N2O2. The fourth-order valence-electron chi connectivity index (χ4n) is 2.36. The van der Waals surface area contributed by atoms with E-state index in [4.69, 9.17) is 0 Å². The third-order valence-electron chi connectivity index (χ3n) is 4.25. The van der Waals surface area contributed by atoms with Gasteiger partial charge in [0.1, 0.15) is 5.41 Å². The highest BCUT2D eigenvalue weighted by Crippen LogP contribution is 2.30. The van der Waals surface area contributed by atoms with Gasteiger partial charge in [-0.05, 0) is 56.2 Å². The second-order valence-electron chi connectivity index (χ2n) is 6.62. The fraction of sp³-hybridized carbons (Fsp3) is 0.300. The first-order chi connectivity index (χ1) is 12.6. The number of amides is 2. The molecule has 0 radical (unpaired) electrons. The van der Waals surface area contributed by atoms with Gasteiger partial charge >= 0.3 is 6.18 Å². The highest BCUT2D eigenvalue weighted by molar-refractivity contribution is 6.14. The van der Waals surface area contributed by atoms with E-state index in [1.54, 1.807) is 12.1 Å². The second-order valence-corrected chi connectivity index (χ2v) is 6.62. The number of para-hydroxylation sites is 1. The van der Waals surface area contributed by atoms with E-state index in [0.717, 1.165) is 29.8 Å². The van der Waals surface area contributed by atoms with Crippen LogP contribution in [0.4, 0.5) is 24.5 Å². The van der Waals surface area contributed by atoms with Crippen molar-refractivity contribution in [3.63, 3.8) is 0 Å². The van der Waals surface area contributed by atoms with Crippen molar-refractivity contribution in [2.45, 2.75) is 33.4 Å². The zero-order valence-corrected chi connectivity index (χ0v) is 15.3.